The highest BCUT2D eigenvalue weighted by Gasteiger charge is 2.13. The molecule has 0 saturated heterocycles. The maximum Gasteiger partial charge on any atom is 0.339 e. The van der Waals surface area contributed by atoms with Gasteiger partial charge < -0.3 is 5.11 Å². The summed E-state index contributed by atoms with van der Waals surface area (Å²) in [6, 6.07) is 5.95. The van der Waals surface area contributed by atoms with Crippen molar-refractivity contribution < 1.29 is 9.90 Å². The Morgan fingerprint density at radius 2 is 1.94 bits per heavy atom. The predicted molar refractivity (Wildman–Crippen MR) is 64.7 cm³/mol. The van der Waals surface area contributed by atoms with Gasteiger partial charge in [-0.25, -0.2) is 9.48 Å². The molecule has 0 spiro atoms. The molecule has 0 fully saturated rings. The molecule has 0 saturated carbocycles. The minimum atomic E-state index is -0.947. The number of hydrogen-bond donors (Lipinski definition) is 1. The van der Waals surface area contributed by atoms with Crippen LogP contribution in [0.4, 0.5) is 0 Å². The molecule has 2 aromatic rings. The molecule has 1 heterocycles. The van der Waals surface area contributed by atoms with Crippen molar-refractivity contribution >= 4 is 5.97 Å². The van der Waals surface area contributed by atoms with Crippen molar-refractivity contribution in [2.24, 2.45) is 0 Å². The summed E-state index contributed by atoms with van der Waals surface area (Å²) in [5, 5.41) is 13.1. The Hall–Kier alpha value is -2.10. The molecule has 4 nitrogen and oxygen atoms in total. The first-order valence-corrected chi connectivity index (χ1v) is 5.36. The van der Waals surface area contributed by atoms with Crippen molar-refractivity contribution in [3.63, 3.8) is 0 Å². The Morgan fingerprint density at radius 3 is 2.47 bits per heavy atom. The van der Waals surface area contributed by atoms with Crippen LogP contribution in [0.2, 0.25) is 0 Å². The fourth-order valence-electron chi connectivity index (χ4n) is 1.74. The van der Waals surface area contributed by atoms with Gasteiger partial charge in [0.15, 0.2) is 0 Å². The zero-order chi connectivity index (χ0) is 12.6. The van der Waals surface area contributed by atoms with E-state index in [1.54, 1.807) is 11.6 Å². The topological polar surface area (TPSA) is 55.1 Å². The van der Waals surface area contributed by atoms with E-state index >= 15 is 0 Å². The molecule has 0 unspecified atom stereocenters. The highest BCUT2D eigenvalue weighted by Crippen LogP contribution is 2.17. The van der Waals surface area contributed by atoms with Gasteiger partial charge in [-0.3, -0.25) is 0 Å². The SMILES string of the molecule is Cc1ccc(-n2ncc(C(=O)O)c2C)cc1C. The minimum Gasteiger partial charge on any atom is -0.478 e. The number of benzene rings is 1. The van der Waals surface area contributed by atoms with E-state index in [2.05, 4.69) is 5.10 Å². The maximum atomic E-state index is 10.9. The molecule has 0 bridgehead atoms. The zero-order valence-electron chi connectivity index (χ0n) is 10.1. The predicted octanol–water partition coefficient (Wildman–Crippen LogP) is 2.50. The van der Waals surface area contributed by atoms with Gasteiger partial charge in [0.2, 0.25) is 0 Å². The van der Waals surface area contributed by atoms with Gasteiger partial charge in [-0.05, 0) is 44.0 Å². The summed E-state index contributed by atoms with van der Waals surface area (Å²) in [5.41, 5.74) is 4.13. The molecule has 0 aliphatic rings. The fourth-order valence-corrected chi connectivity index (χ4v) is 1.74. The molecule has 0 aliphatic heterocycles. The number of aryl methyl sites for hydroxylation is 2. The van der Waals surface area contributed by atoms with Gasteiger partial charge in [0.05, 0.1) is 17.6 Å². The number of nitrogens with zero attached hydrogens (tertiary/aromatic N) is 2. The van der Waals surface area contributed by atoms with Gasteiger partial charge in [0.25, 0.3) is 0 Å². The lowest BCUT2D eigenvalue weighted by Gasteiger charge is -2.07. The maximum absolute atomic E-state index is 10.9. The number of hydrogen-bond acceptors (Lipinski definition) is 2. The molecule has 88 valence electrons. The van der Waals surface area contributed by atoms with E-state index in [-0.39, 0.29) is 5.56 Å². The number of aromatic nitrogens is 2. The van der Waals surface area contributed by atoms with Crippen LogP contribution < -0.4 is 0 Å². The number of rotatable bonds is 2. The third kappa shape index (κ3) is 1.93. The third-order valence-electron chi connectivity index (χ3n) is 2.98. The van der Waals surface area contributed by atoms with Crippen LogP contribution in [0.5, 0.6) is 0 Å². The van der Waals surface area contributed by atoms with E-state index in [1.807, 2.05) is 32.0 Å². The molecule has 1 aromatic carbocycles. The van der Waals surface area contributed by atoms with Crippen LogP contribution in [-0.4, -0.2) is 20.9 Å². The molecule has 2 rings (SSSR count). The fraction of sp³-hybridized carbons (Fsp3) is 0.231. The Kier molecular flexibility index (Phi) is 2.71. The average molecular weight is 230 g/mol. The monoisotopic (exact) mass is 230 g/mol. The van der Waals surface area contributed by atoms with Crippen molar-refractivity contribution in [2.75, 3.05) is 0 Å². The van der Waals surface area contributed by atoms with Crippen molar-refractivity contribution in [1.29, 1.82) is 0 Å². The van der Waals surface area contributed by atoms with Gasteiger partial charge in [0, 0.05) is 0 Å². The Balaban J connectivity index is 2.53. The third-order valence-corrected chi connectivity index (χ3v) is 2.98. The lowest BCUT2D eigenvalue weighted by molar-refractivity contribution is 0.0696. The molecule has 1 aromatic heterocycles. The Labute approximate surface area is 99.5 Å². The van der Waals surface area contributed by atoms with E-state index < -0.39 is 5.97 Å². The molecule has 4 heteroatoms. The molecule has 0 aliphatic carbocycles. The van der Waals surface area contributed by atoms with E-state index in [4.69, 9.17) is 5.11 Å². The van der Waals surface area contributed by atoms with Crippen LogP contribution in [0.3, 0.4) is 0 Å². The molecular weight excluding hydrogens is 216 g/mol. The van der Waals surface area contributed by atoms with E-state index in [9.17, 15) is 4.79 Å². The Bertz CT molecular complexity index is 585. The number of aromatic carboxylic acids is 1. The molecule has 17 heavy (non-hydrogen) atoms. The summed E-state index contributed by atoms with van der Waals surface area (Å²) in [6.45, 7) is 5.82. The quantitative estimate of drug-likeness (QED) is 0.862. The van der Waals surface area contributed by atoms with Crippen molar-refractivity contribution in [3.05, 3.63) is 46.8 Å². The van der Waals surface area contributed by atoms with Gasteiger partial charge in [0.1, 0.15) is 5.56 Å². The summed E-state index contributed by atoms with van der Waals surface area (Å²) in [4.78, 5) is 10.9. The summed E-state index contributed by atoms with van der Waals surface area (Å²) in [7, 11) is 0. The van der Waals surface area contributed by atoms with Gasteiger partial charge >= 0.3 is 5.97 Å². The summed E-state index contributed by atoms with van der Waals surface area (Å²) < 4.78 is 1.65. The van der Waals surface area contributed by atoms with Crippen LogP contribution in [0.15, 0.2) is 24.4 Å². The van der Waals surface area contributed by atoms with Gasteiger partial charge in [-0.15, -0.1) is 0 Å². The summed E-state index contributed by atoms with van der Waals surface area (Å²) >= 11 is 0. The van der Waals surface area contributed by atoms with Gasteiger partial charge in [-0.2, -0.15) is 5.10 Å². The van der Waals surface area contributed by atoms with E-state index in [0.29, 0.717) is 5.69 Å². The number of carboxylic acid groups (broad SMARTS) is 1. The second kappa shape index (κ2) is 4.05. The second-order valence-corrected chi connectivity index (χ2v) is 4.13. The molecular formula is C13H14N2O2. The van der Waals surface area contributed by atoms with Crippen LogP contribution in [-0.2, 0) is 0 Å². The number of carbonyl (C=O) groups is 1. The Morgan fingerprint density at radius 1 is 1.24 bits per heavy atom. The van der Waals surface area contributed by atoms with E-state index in [0.717, 1.165) is 11.3 Å². The van der Waals surface area contributed by atoms with E-state index in [1.165, 1.54) is 11.8 Å². The molecule has 0 amide bonds. The smallest absolute Gasteiger partial charge is 0.339 e. The van der Waals surface area contributed by atoms with Crippen molar-refractivity contribution in [1.82, 2.24) is 9.78 Å². The van der Waals surface area contributed by atoms with Gasteiger partial charge in [-0.1, -0.05) is 6.07 Å². The van der Waals surface area contributed by atoms with Crippen LogP contribution in [0.25, 0.3) is 5.69 Å². The van der Waals surface area contributed by atoms with Crippen LogP contribution in [0, 0.1) is 20.8 Å². The molecule has 0 atom stereocenters. The van der Waals surface area contributed by atoms with Crippen molar-refractivity contribution in [3.8, 4) is 5.69 Å². The van der Waals surface area contributed by atoms with Crippen LogP contribution >= 0.6 is 0 Å². The first-order chi connectivity index (χ1) is 8.00. The summed E-state index contributed by atoms with van der Waals surface area (Å²) in [6.07, 6.45) is 1.38. The second-order valence-electron chi connectivity index (χ2n) is 4.13. The van der Waals surface area contributed by atoms with Crippen LogP contribution in [0.1, 0.15) is 27.2 Å². The largest absolute Gasteiger partial charge is 0.478 e. The minimum absolute atomic E-state index is 0.239. The average Bonchev–Trinajstić information content (AvgIpc) is 2.64. The standard InChI is InChI=1S/C13H14N2O2/c1-8-4-5-11(6-9(8)2)15-10(3)12(7-14-15)13(16)17/h4-7H,1-3H3,(H,16,17). The lowest BCUT2D eigenvalue weighted by atomic mass is 10.1. The normalized spacial score (nSPS) is 10.5. The van der Waals surface area contributed by atoms with Crippen molar-refractivity contribution in [2.45, 2.75) is 20.8 Å². The first kappa shape index (κ1) is 11.4. The summed E-state index contributed by atoms with van der Waals surface area (Å²) in [5.74, 6) is -0.947. The number of carboxylic acids is 1. The zero-order valence-corrected chi connectivity index (χ0v) is 10.1. The first-order valence-electron chi connectivity index (χ1n) is 5.36. The highest BCUT2D eigenvalue weighted by atomic mass is 16.4. The lowest BCUT2D eigenvalue weighted by Crippen LogP contribution is -2.02. The molecule has 1 N–H and O–H groups in total. The highest BCUT2D eigenvalue weighted by molar-refractivity contribution is 5.88. The molecule has 0 radical (unpaired) electrons.